The Kier molecular flexibility index (Phi) is 6.27. The SMILES string of the molecule is Cc1ccc([C@H](c2sc3ncnn3c2O)[NH+]2CC[NH+](C(c3ccccc3)c3ccccc3)CC2)cc1. The Labute approximate surface area is 215 Å². The van der Waals surface area contributed by atoms with Gasteiger partial charge in [-0.05, 0) is 6.92 Å². The van der Waals surface area contributed by atoms with Crippen LogP contribution in [-0.2, 0) is 0 Å². The topological polar surface area (TPSA) is 59.3 Å². The number of aryl methyl sites for hydroxylation is 1. The van der Waals surface area contributed by atoms with Crippen molar-refractivity contribution in [1.29, 1.82) is 0 Å². The molecule has 0 radical (unpaired) electrons. The van der Waals surface area contributed by atoms with Gasteiger partial charge in [-0.15, -0.1) is 0 Å². The molecule has 36 heavy (non-hydrogen) atoms. The van der Waals surface area contributed by atoms with Crippen LogP contribution >= 0.6 is 11.3 Å². The van der Waals surface area contributed by atoms with Gasteiger partial charge in [0.25, 0.3) is 0 Å². The maximum atomic E-state index is 11.1. The molecule has 5 aromatic rings. The van der Waals surface area contributed by atoms with E-state index in [2.05, 4.69) is 102 Å². The van der Waals surface area contributed by atoms with Crippen molar-refractivity contribution in [3.05, 3.63) is 118 Å². The first-order chi connectivity index (χ1) is 17.7. The third kappa shape index (κ3) is 4.30. The third-order valence-corrected chi connectivity index (χ3v) is 8.53. The van der Waals surface area contributed by atoms with Crippen molar-refractivity contribution < 1.29 is 14.9 Å². The lowest BCUT2D eigenvalue weighted by Crippen LogP contribution is -3.28. The van der Waals surface area contributed by atoms with Gasteiger partial charge < -0.3 is 14.9 Å². The smallest absolute Gasteiger partial charge is 0.235 e. The van der Waals surface area contributed by atoms with E-state index in [0.717, 1.165) is 36.0 Å². The minimum absolute atomic E-state index is 0.0487. The first-order valence-corrected chi connectivity index (χ1v) is 13.4. The van der Waals surface area contributed by atoms with Gasteiger partial charge in [-0.25, -0.2) is 4.98 Å². The quantitative estimate of drug-likeness (QED) is 0.338. The Balaban J connectivity index is 1.31. The Morgan fingerprint density at radius 3 is 1.83 bits per heavy atom. The van der Waals surface area contributed by atoms with Gasteiger partial charge in [-0.2, -0.15) is 9.61 Å². The van der Waals surface area contributed by atoms with E-state index >= 15 is 0 Å². The maximum Gasteiger partial charge on any atom is 0.235 e. The third-order valence-electron chi connectivity index (χ3n) is 7.43. The van der Waals surface area contributed by atoms with Crippen LogP contribution in [0.25, 0.3) is 4.96 Å². The highest BCUT2D eigenvalue weighted by Crippen LogP contribution is 2.34. The molecule has 2 aromatic heterocycles. The van der Waals surface area contributed by atoms with Crippen molar-refractivity contribution in [3.63, 3.8) is 0 Å². The van der Waals surface area contributed by atoms with E-state index in [1.165, 1.54) is 33.5 Å². The number of nitrogens with zero attached hydrogens (tertiary/aromatic N) is 3. The molecular weight excluding hydrogens is 466 g/mol. The number of aromatic nitrogens is 3. The molecule has 0 unspecified atom stereocenters. The van der Waals surface area contributed by atoms with E-state index in [1.54, 1.807) is 20.8 Å². The summed E-state index contributed by atoms with van der Waals surface area (Å²) in [6.07, 6.45) is 1.50. The Morgan fingerprint density at radius 2 is 1.28 bits per heavy atom. The van der Waals surface area contributed by atoms with Crippen LogP contribution in [0.3, 0.4) is 0 Å². The number of thiazole rings is 1. The summed E-state index contributed by atoms with van der Waals surface area (Å²) in [6, 6.07) is 30.9. The molecule has 6 rings (SSSR count). The van der Waals surface area contributed by atoms with E-state index in [4.69, 9.17) is 0 Å². The van der Waals surface area contributed by atoms with E-state index < -0.39 is 0 Å². The molecule has 182 valence electrons. The van der Waals surface area contributed by atoms with Crippen molar-refractivity contribution in [1.82, 2.24) is 14.6 Å². The van der Waals surface area contributed by atoms with Crippen molar-refractivity contribution in [2.75, 3.05) is 26.2 Å². The first-order valence-electron chi connectivity index (χ1n) is 12.6. The molecule has 1 atom stereocenters. The summed E-state index contributed by atoms with van der Waals surface area (Å²) in [5.41, 5.74) is 5.18. The van der Waals surface area contributed by atoms with Crippen LogP contribution in [0.4, 0.5) is 0 Å². The fourth-order valence-electron chi connectivity index (χ4n) is 5.64. The number of fused-ring (bicyclic) bond motifs is 1. The number of rotatable bonds is 6. The summed E-state index contributed by atoms with van der Waals surface area (Å²) in [6.45, 7) is 6.23. The molecule has 7 heteroatoms. The predicted molar refractivity (Wildman–Crippen MR) is 142 cm³/mol. The molecule has 0 amide bonds. The highest BCUT2D eigenvalue weighted by atomic mass is 32.1. The van der Waals surface area contributed by atoms with Crippen LogP contribution in [0, 0.1) is 6.92 Å². The van der Waals surface area contributed by atoms with Gasteiger partial charge in [0, 0.05) is 16.7 Å². The number of piperazine rings is 1. The Morgan fingerprint density at radius 1 is 0.750 bits per heavy atom. The molecule has 3 N–H and O–H groups in total. The number of nitrogens with one attached hydrogen (secondary N) is 2. The summed E-state index contributed by atoms with van der Waals surface area (Å²) < 4.78 is 1.56. The van der Waals surface area contributed by atoms with E-state index in [0.29, 0.717) is 6.04 Å². The largest absolute Gasteiger partial charge is 0.492 e. The van der Waals surface area contributed by atoms with Gasteiger partial charge in [0.2, 0.25) is 10.8 Å². The molecule has 1 fully saturated rings. The number of hydrogen-bond acceptors (Lipinski definition) is 4. The molecule has 0 aliphatic carbocycles. The number of aromatic hydroxyl groups is 1. The minimum atomic E-state index is 0.0487. The van der Waals surface area contributed by atoms with E-state index in [9.17, 15) is 5.11 Å². The Hall–Kier alpha value is -3.52. The lowest BCUT2D eigenvalue weighted by molar-refractivity contribution is -1.03. The molecule has 3 aromatic carbocycles. The second-order valence-electron chi connectivity index (χ2n) is 9.66. The average Bonchev–Trinajstić information content (AvgIpc) is 3.51. The molecule has 0 saturated carbocycles. The highest BCUT2D eigenvalue weighted by molar-refractivity contribution is 7.17. The lowest BCUT2D eigenvalue weighted by Gasteiger charge is -2.38. The van der Waals surface area contributed by atoms with Crippen LogP contribution in [0.5, 0.6) is 5.88 Å². The van der Waals surface area contributed by atoms with Crippen LogP contribution in [0.15, 0.2) is 91.3 Å². The van der Waals surface area contributed by atoms with Crippen LogP contribution in [0.1, 0.15) is 39.2 Å². The minimum Gasteiger partial charge on any atom is -0.492 e. The van der Waals surface area contributed by atoms with Gasteiger partial charge in [-0.1, -0.05) is 102 Å². The summed E-state index contributed by atoms with van der Waals surface area (Å²) >= 11 is 1.54. The van der Waals surface area contributed by atoms with Crippen molar-refractivity contribution in [2.45, 2.75) is 19.0 Å². The monoisotopic (exact) mass is 497 g/mol. The molecule has 3 heterocycles. The zero-order valence-electron chi connectivity index (χ0n) is 20.3. The molecular formula is C29H31N5OS+2. The van der Waals surface area contributed by atoms with Crippen LogP contribution < -0.4 is 9.80 Å². The zero-order chi connectivity index (χ0) is 24.5. The molecule has 1 aliphatic heterocycles. The molecule has 0 bridgehead atoms. The van der Waals surface area contributed by atoms with Crippen LogP contribution in [0.2, 0.25) is 0 Å². The second-order valence-corrected chi connectivity index (χ2v) is 10.7. The molecule has 0 spiro atoms. The first kappa shape index (κ1) is 22.9. The summed E-state index contributed by atoms with van der Waals surface area (Å²) in [5.74, 6) is 0.215. The normalized spacial score (nSPS) is 19.1. The van der Waals surface area contributed by atoms with Crippen molar-refractivity contribution in [2.24, 2.45) is 0 Å². The molecule has 1 saturated heterocycles. The lowest BCUT2D eigenvalue weighted by atomic mass is 9.96. The fourth-order valence-corrected chi connectivity index (χ4v) is 6.75. The van der Waals surface area contributed by atoms with Crippen molar-refractivity contribution in [3.8, 4) is 5.88 Å². The van der Waals surface area contributed by atoms with Gasteiger partial charge in [0.15, 0.2) is 6.04 Å². The van der Waals surface area contributed by atoms with Gasteiger partial charge in [0.1, 0.15) is 43.4 Å². The average molecular weight is 498 g/mol. The maximum absolute atomic E-state index is 11.1. The fraction of sp³-hybridized carbons (Fsp3) is 0.241. The number of hydrogen-bond donors (Lipinski definition) is 3. The van der Waals surface area contributed by atoms with Gasteiger partial charge in [-0.3, -0.25) is 0 Å². The van der Waals surface area contributed by atoms with Gasteiger partial charge in [0.05, 0.1) is 0 Å². The number of benzene rings is 3. The number of quaternary nitrogens is 2. The summed E-state index contributed by atoms with van der Waals surface area (Å²) in [4.78, 5) is 9.07. The Bertz CT molecular complexity index is 1380. The summed E-state index contributed by atoms with van der Waals surface area (Å²) in [7, 11) is 0. The van der Waals surface area contributed by atoms with Gasteiger partial charge >= 0.3 is 0 Å². The van der Waals surface area contributed by atoms with E-state index in [-0.39, 0.29) is 11.9 Å². The zero-order valence-corrected chi connectivity index (χ0v) is 21.2. The van der Waals surface area contributed by atoms with Crippen LogP contribution in [-0.4, -0.2) is 45.9 Å². The second kappa shape index (κ2) is 9.85. The predicted octanol–water partition coefficient (Wildman–Crippen LogP) is 2.47. The molecule has 1 aliphatic rings. The summed E-state index contributed by atoms with van der Waals surface area (Å²) in [5, 5.41) is 15.3. The van der Waals surface area contributed by atoms with E-state index in [1.807, 2.05) is 0 Å². The van der Waals surface area contributed by atoms with Crippen molar-refractivity contribution >= 4 is 16.3 Å². The standard InChI is InChI=1S/C29H29N5OS/c1-21-12-14-24(15-13-21)26(27-28(35)34-29(36-27)30-20-31-34)33-18-16-32(17-19-33)25(22-8-4-2-5-9-22)23-10-6-3-7-11-23/h2-15,20,25-26,35H,16-19H2,1H3/p+2/t26-/m1/s1. The highest BCUT2D eigenvalue weighted by Gasteiger charge is 2.38. The molecule has 6 nitrogen and oxygen atoms in total.